The van der Waals surface area contributed by atoms with Crippen molar-refractivity contribution in [3.63, 3.8) is 0 Å². The molecule has 0 aliphatic rings. The second-order valence-corrected chi connectivity index (χ2v) is 5.69. The van der Waals surface area contributed by atoms with Crippen LogP contribution in [-0.4, -0.2) is 26.3 Å². The maximum absolute atomic E-state index is 14.5. The predicted molar refractivity (Wildman–Crippen MR) is 87.5 cm³/mol. The summed E-state index contributed by atoms with van der Waals surface area (Å²) < 4.78 is 33.6. The first-order valence-electron chi connectivity index (χ1n) is 7.26. The van der Waals surface area contributed by atoms with E-state index in [9.17, 15) is 13.6 Å². The molecule has 0 bridgehead atoms. The van der Waals surface area contributed by atoms with Crippen LogP contribution >= 0.6 is 11.6 Å². The Morgan fingerprint density at radius 2 is 2.08 bits per heavy atom. The Hall–Kier alpha value is -3.07. The monoisotopic (exact) mass is 380 g/mol. The van der Waals surface area contributed by atoms with Crippen LogP contribution < -0.4 is 5.32 Å². The lowest BCUT2D eigenvalue weighted by molar-refractivity contribution is 0.193. The molecule has 1 amide bonds. The average Bonchev–Trinajstić information content (AvgIpc) is 2.98. The molecule has 2 N–H and O–H groups in total. The Morgan fingerprint density at radius 1 is 1.31 bits per heavy atom. The number of rotatable bonds is 4. The van der Waals surface area contributed by atoms with Crippen LogP contribution in [0, 0.1) is 18.6 Å². The molecule has 0 saturated carbocycles. The molecule has 0 radical (unpaired) electrons. The fourth-order valence-corrected chi connectivity index (χ4v) is 2.54. The molecule has 2 heterocycles. The van der Waals surface area contributed by atoms with E-state index in [1.165, 1.54) is 12.3 Å². The standard InChI is InChI=1S/C16H11ClF2N4O3/c1-7-22-15(23-26-7)14-10(3-9(17)4-12(14)19)8-2-11(18)13(20-5-8)6-21-16(24)25/h2-5,21H,6H2,1H3,(H,24,25). The van der Waals surface area contributed by atoms with Gasteiger partial charge in [-0.2, -0.15) is 4.98 Å². The number of hydrogen-bond acceptors (Lipinski definition) is 5. The Labute approximate surface area is 150 Å². The van der Waals surface area contributed by atoms with Gasteiger partial charge in [-0.25, -0.2) is 13.6 Å². The van der Waals surface area contributed by atoms with Crippen molar-refractivity contribution >= 4 is 17.7 Å². The van der Waals surface area contributed by atoms with E-state index in [-0.39, 0.29) is 45.7 Å². The highest BCUT2D eigenvalue weighted by Crippen LogP contribution is 2.35. The van der Waals surface area contributed by atoms with Crippen molar-refractivity contribution in [1.82, 2.24) is 20.4 Å². The number of amides is 1. The lowest BCUT2D eigenvalue weighted by Crippen LogP contribution is -2.21. The SMILES string of the molecule is Cc1nc(-c2c(F)cc(Cl)cc2-c2cnc(CNC(=O)O)c(F)c2)no1. The van der Waals surface area contributed by atoms with E-state index in [0.717, 1.165) is 12.1 Å². The van der Waals surface area contributed by atoms with Crippen molar-refractivity contribution in [2.45, 2.75) is 13.5 Å². The third-order valence-corrected chi connectivity index (χ3v) is 3.66. The van der Waals surface area contributed by atoms with Gasteiger partial charge in [0, 0.05) is 23.7 Å². The van der Waals surface area contributed by atoms with Gasteiger partial charge in [0.05, 0.1) is 17.8 Å². The maximum Gasteiger partial charge on any atom is 0.404 e. The van der Waals surface area contributed by atoms with Gasteiger partial charge in [-0.05, 0) is 23.8 Å². The molecular weight excluding hydrogens is 370 g/mol. The van der Waals surface area contributed by atoms with Crippen molar-refractivity contribution < 1.29 is 23.2 Å². The van der Waals surface area contributed by atoms with Gasteiger partial charge in [0.15, 0.2) is 0 Å². The first-order chi connectivity index (χ1) is 12.3. The van der Waals surface area contributed by atoms with E-state index in [4.69, 9.17) is 21.2 Å². The van der Waals surface area contributed by atoms with Gasteiger partial charge >= 0.3 is 6.09 Å². The van der Waals surface area contributed by atoms with E-state index >= 15 is 0 Å². The van der Waals surface area contributed by atoms with Crippen molar-refractivity contribution in [2.75, 3.05) is 0 Å². The molecule has 2 aromatic heterocycles. The smallest absolute Gasteiger partial charge is 0.404 e. The Balaban J connectivity index is 2.09. The summed E-state index contributed by atoms with van der Waals surface area (Å²) in [6, 6.07) is 3.62. The summed E-state index contributed by atoms with van der Waals surface area (Å²) in [6.45, 7) is 1.25. The quantitative estimate of drug-likeness (QED) is 0.713. The maximum atomic E-state index is 14.5. The Bertz CT molecular complexity index is 994. The molecule has 0 aliphatic heterocycles. The minimum absolute atomic E-state index is 0.0103. The number of carbonyl (C=O) groups is 1. The zero-order chi connectivity index (χ0) is 18.8. The summed E-state index contributed by atoms with van der Waals surface area (Å²) in [7, 11) is 0. The van der Waals surface area contributed by atoms with Crippen LogP contribution in [0.3, 0.4) is 0 Å². The first kappa shape index (κ1) is 17.7. The number of carboxylic acid groups (broad SMARTS) is 1. The van der Waals surface area contributed by atoms with E-state index < -0.39 is 17.7 Å². The van der Waals surface area contributed by atoms with Gasteiger partial charge in [-0.1, -0.05) is 16.8 Å². The summed E-state index contributed by atoms with van der Waals surface area (Å²) in [6.07, 6.45) is -0.0225. The molecule has 26 heavy (non-hydrogen) atoms. The van der Waals surface area contributed by atoms with Gasteiger partial charge in [0.25, 0.3) is 0 Å². The van der Waals surface area contributed by atoms with Crippen LogP contribution in [0.15, 0.2) is 28.9 Å². The predicted octanol–water partition coefficient (Wildman–Crippen LogP) is 3.81. The molecular formula is C16H11ClF2N4O3. The van der Waals surface area contributed by atoms with E-state index in [1.54, 1.807) is 6.92 Å². The number of pyridine rings is 1. The summed E-state index contributed by atoms with van der Waals surface area (Å²) >= 11 is 5.93. The second-order valence-electron chi connectivity index (χ2n) is 5.26. The van der Waals surface area contributed by atoms with Gasteiger partial charge in [0.2, 0.25) is 11.7 Å². The van der Waals surface area contributed by atoms with E-state index in [2.05, 4.69) is 15.1 Å². The largest absolute Gasteiger partial charge is 0.465 e. The number of hydrogen-bond donors (Lipinski definition) is 2. The Kier molecular flexibility index (Phi) is 4.81. The molecule has 3 rings (SSSR count). The Morgan fingerprint density at radius 3 is 2.69 bits per heavy atom. The number of nitrogens with zero attached hydrogens (tertiary/aromatic N) is 3. The van der Waals surface area contributed by atoms with Crippen molar-refractivity contribution in [1.29, 1.82) is 0 Å². The number of halogens is 3. The molecule has 0 atom stereocenters. The molecule has 7 nitrogen and oxygen atoms in total. The summed E-state index contributed by atoms with van der Waals surface area (Å²) in [5.41, 5.74) is 0.333. The zero-order valence-electron chi connectivity index (χ0n) is 13.3. The van der Waals surface area contributed by atoms with Crippen LogP contribution in [0.4, 0.5) is 13.6 Å². The lowest BCUT2D eigenvalue weighted by atomic mass is 9.99. The minimum atomic E-state index is -1.30. The fraction of sp³-hybridized carbons (Fsp3) is 0.125. The molecule has 3 aromatic rings. The van der Waals surface area contributed by atoms with Crippen LogP contribution in [0.5, 0.6) is 0 Å². The number of aryl methyl sites for hydroxylation is 1. The van der Waals surface area contributed by atoms with E-state index in [1.807, 2.05) is 5.32 Å². The lowest BCUT2D eigenvalue weighted by Gasteiger charge is -2.10. The van der Waals surface area contributed by atoms with Crippen molar-refractivity contribution in [2.24, 2.45) is 0 Å². The molecule has 0 saturated heterocycles. The highest BCUT2D eigenvalue weighted by Gasteiger charge is 2.20. The van der Waals surface area contributed by atoms with Crippen molar-refractivity contribution in [3.05, 3.63) is 52.6 Å². The molecule has 0 unspecified atom stereocenters. The second kappa shape index (κ2) is 7.04. The normalized spacial score (nSPS) is 10.8. The zero-order valence-corrected chi connectivity index (χ0v) is 14.0. The van der Waals surface area contributed by atoms with Gasteiger partial charge < -0.3 is 14.9 Å². The third-order valence-electron chi connectivity index (χ3n) is 3.44. The summed E-state index contributed by atoms with van der Waals surface area (Å²) in [5, 5.41) is 14.4. The van der Waals surface area contributed by atoms with Crippen LogP contribution in [0.2, 0.25) is 5.02 Å². The number of aromatic nitrogens is 3. The van der Waals surface area contributed by atoms with Crippen LogP contribution in [-0.2, 0) is 6.54 Å². The molecule has 134 valence electrons. The fourth-order valence-electron chi connectivity index (χ4n) is 2.33. The average molecular weight is 381 g/mol. The topological polar surface area (TPSA) is 101 Å². The number of nitrogens with one attached hydrogen (secondary N) is 1. The molecule has 0 aliphatic carbocycles. The van der Waals surface area contributed by atoms with Crippen LogP contribution in [0.25, 0.3) is 22.5 Å². The van der Waals surface area contributed by atoms with Crippen molar-refractivity contribution in [3.8, 4) is 22.5 Å². The minimum Gasteiger partial charge on any atom is -0.465 e. The summed E-state index contributed by atoms with van der Waals surface area (Å²) in [5.74, 6) is -1.24. The van der Waals surface area contributed by atoms with Gasteiger partial charge in [0.1, 0.15) is 11.6 Å². The molecule has 10 heteroatoms. The molecule has 1 aromatic carbocycles. The highest BCUT2D eigenvalue weighted by atomic mass is 35.5. The molecule has 0 spiro atoms. The summed E-state index contributed by atoms with van der Waals surface area (Å²) in [4.78, 5) is 18.4. The van der Waals surface area contributed by atoms with Gasteiger partial charge in [-0.15, -0.1) is 0 Å². The van der Waals surface area contributed by atoms with E-state index in [0.29, 0.717) is 0 Å². The molecule has 0 fully saturated rings. The third kappa shape index (κ3) is 3.62. The highest BCUT2D eigenvalue weighted by molar-refractivity contribution is 6.31. The first-order valence-corrected chi connectivity index (χ1v) is 7.64. The number of benzene rings is 1. The van der Waals surface area contributed by atoms with Crippen LogP contribution in [0.1, 0.15) is 11.6 Å². The van der Waals surface area contributed by atoms with Gasteiger partial charge in [-0.3, -0.25) is 4.98 Å².